The van der Waals surface area contributed by atoms with E-state index in [0.29, 0.717) is 44.7 Å². The van der Waals surface area contributed by atoms with Gasteiger partial charge < -0.3 is 14.5 Å². The van der Waals surface area contributed by atoms with Gasteiger partial charge in [0, 0.05) is 45.0 Å². The maximum absolute atomic E-state index is 12.5. The Hall–Kier alpha value is -2.48. The predicted octanol–water partition coefficient (Wildman–Crippen LogP) is 2.16. The summed E-state index contributed by atoms with van der Waals surface area (Å²) in [5.41, 5.74) is 1.41. The predicted molar refractivity (Wildman–Crippen MR) is 104 cm³/mol. The fourth-order valence-corrected chi connectivity index (χ4v) is 3.59. The molecule has 2 heterocycles. The monoisotopic (exact) mass is 432 g/mol. The van der Waals surface area contributed by atoms with Crippen LogP contribution in [0, 0.1) is 0 Å². The average Bonchev–Trinajstić information content (AvgIpc) is 2.72. The van der Waals surface area contributed by atoms with E-state index in [1.165, 1.54) is 18.6 Å². The quantitative estimate of drug-likeness (QED) is 0.723. The van der Waals surface area contributed by atoms with Crippen molar-refractivity contribution in [3.8, 4) is 5.75 Å². The molecular weight excluding hydrogens is 412 g/mol. The van der Waals surface area contributed by atoms with Gasteiger partial charge in [-0.25, -0.2) is 4.98 Å². The molecule has 2 aromatic rings. The minimum Gasteiger partial charge on any atom is -0.496 e. The van der Waals surface area contributed by atoms with Gasteiger partial charge in [0.05, 0.1) is 17.8 Å². The van der Waals surface area contributed by atoms with Crippen molar-refractivity contribution >= 4 is 27.7 Å². The summed E-state index contributed by atoms with van der Waals surface area (Å²) in [6.07, 6.45) is 5.61. The SMILES string of the molecule is COc1ccc(CCC(=O)N2CCN(C(=O)c3cnccn3)CC2)cc1Br. The van der Waals surface area contributed by atoms with E-state index in [0.717, 1.165) is 15.8 Å². The lowest BCUT2D eigenvalue weighted by molar-refractivity contribution is -0.132. The zero-order valence-corrected chi connectivity index (χ0v) is 16.7. The number of ether oxygens (including phenoxy) is 1. The van der Waals surface area contributed by atoms with Crippen molar-refractivity contribution in [1.82, 2.24) is 19.8 Å². The van der Waals surface area contributed by atoms with E-state index in [9.17, 15) is 9.59 Å². The van der Waals surface area contributed by atoms with Crippen LogP contribution in [0.2, 0.25) is 0 Å². The van der Waals surface area contributed by atoms with Crippen molar-refractivity contribution in [1.29, 1.82) is 0 Å². The van der Waals surface area contributed by atoms with Crippen LogP contribution in [0.5, 0.6) is 5.75 Å². The molecule has 2 amide bonds. The smallest absolute Gasteiger partial charge is 0.274 e. The van der Waals surface area contributed by atoms with E-state index < -0.39 is 0 Å². The first-order chi connectivity index (χ1) is 13.1. The molecule has 0 unspecified atom stereocenters. The minimum absolute atomic E-state index is 0.105. The Bertz CT molecular complexity index is 808. The van der Waals surface area contributed by atoms with Gasteiger partial charge in [-0.2, -0.15) is 0 Å². The highest BCUT2D eigenvalue weighted by molar-refractivity contribution is 9.10. The first-order valence-electron chi connectivity index (χ1n) is 8.74. The Morgan fingerprint density at radius 2 is 1.89 bits per heavy atom. The molecule has 0 atom stereocenters. The fourth-order valence-electron chi connectivity index (χ4n) is 3.01. The lowest BCUT2D eigenvalue weighted by Crippen LogP contribution is -2.50. The number of piperazine rings is 1. The summed E-state index contributed by atoms with van der Waals surface area (Å²) < 4.78 is 6.10. The molecule has 1 aromatic carbocycles. The Labute approximate surface area is 166 Å². The maximum Gasteiger partial charge on any atom is 0.274 e. The third kappa shape index (κ3) is 4.82. The van der Waals surface area contributed by atoms with Gasteiger partial charge in [0.2, 0.25) is 5.91 Å². The van der Waals surface area contributed by atoms with Crippen LogP contribution in [0.3, 0.4) is 0 Å². The number of aryl methyl sites for hydroxylation is 1. The summed E-state index contributed by atoms with van der Waals surface area (Å²) in [4.78, 5) is 36.4. The first kappa shape index (κ1) is 19.3. The molecule has 1 fully saturated rings. The molecule has 0 bridgehead atoms. The lowest BCUT2D eigenvalue weighted by atomic mass is 10.1. The Balaban J connectivity index is 1.48. The summed E-state index contributed by atoms with van der Waals surface area (Å²) in [6.45, 7) is 2.10. The summed E-state index contributed by atoms with van der Waals surface area (Å²) in [5, 5.41) is 0. The maximum atomic E-state index is 12.5. The van der Waals surface area contributed by atoms with Gasteiger partial charge in [-0.15, -0.1) is 0 Å². The van der Waals surface area contributed by atoms with Crippen LogP contribution < -0.4 is 4.74 Å². The number of nitrogens with zero attached hydrogens (tertiary/aromatic N) is 4. The van der Waals surface area contributed by atoms with Gasteiger partial charge >= 0.3 is 0 Å². The number of benzene rings is 1. The Kier molecular flexibility index (Phi) is 6.39. The molecule has 8 heteroatoms. The lowest BCUT2D eigenvalue weighted by Gasteiger charge is -2.34. The molecule has 0 spiro atoms. The molecule has 7 nitrogen and oxygen atoms in total. The van der Waals surface area contributed by atoms with E-state index in [1.54, 1.807) is 12.0 Å². The molecule has 0 N–H and O–H groups in total. The molecule has 0 saturated carbocycles. The molecule has 1 aliphatic rings. The molecule has 3 rings (SSSR count). The normalized spacial score (nSPS) is 14.1. The van der Waals surface area contributed by atoms with Gasteiger partial charge in [0.1, 0.15) is 11.4 Å². The van der Waals surface area contributed by atoms with Crippen molar-refractivity contribution in [2.45, 2.75) is 12.8 Å². The second kappa shape index (κ2) is 8.94. The van der Waals surface area contributed by atoms with Crippen LogP contribution >= 0.6 is 15.9 Å². The zero-order chi connectivity index (χ0) is 19.2. The first-order valence-corrected chi connectivity index (χ1v) is 9.53. The molecule has 0 aliphatic carbocycles. The van der Waals surface area contributed by atoms with Crippen LogP contribution in [0.4, 0.5) is 0 Å². The molecule has 0 radical (unpaired) electrons. The third-order valence-electron chi connectivity index (χ3n) is 4.55. The van der Waals surface area contributed by atoms with Crippen molar-refractivity contribution in [3.63, 3.8) is 0 Å². The van der Waals surface area contributed by atoms with Gasteiger partial charge in [-0.05, 0) is 40.0 Å². The standard InChI is InChI=1S/C19H21BrN4O3/c1-27-17-4-2-14(12-15(17)20)3-5-18(25)23-8-10-24(11-9-23)19(26)16-13-21-6-7-22-16/h2,4,6-7,12-13H,3,5,8-11H2,1H3. The number of methoxy groups -OCH3 is 1. The number of hydrogen-bond donors (Lipinski definition) is 0. The largest absolute Gasteiger partial charge is 0.496 e. The summed E-state index contributed by atoms with van der Waals surface area (Å²) in [5.74, 6) is 0.737. The Morgan fingerprint density at radius 1 is 1.15 bits per heavy atom. The highest BCUT2D eigenvalue weighted by atomic mass is 79.9. The van der Waals surface area contributed by atoms with Gasteiger partial charge in [-0.3, -0.25) is 14.6 Å². The highest BCUT2D eigenvalue weighted by Gasteiger charge is 2.25. The molecular formula is C19H21BrN4O3. The second-order valence-corrected chi connectivity index (χ2v) is 7.09. The number of amides is 2. The van der Waals surface area contributed by atoms with Crippen molar-refractivity contribution < 1.29 is 14.3 Å². The third-order valence-corrected chi connectivity index (χ3v) is 5.17. The van der Waals surface area contributed by atoms with E-state index in [1.807, 2.05) is 23.1 Å². The number of carbonyl (C=O) groups is 2. The summed E-state index contributed by atoms with van der Waals surface area (Å²) >= 11 is 3.46. The zero-order valence-electron chi connectivity index (χ0n) is 15.1. The number of aromatic nitrogens is 2. The molecule has 1 aliphatic heterocycles. The van der Waals surface area contributed by atoms with E-state index in [4.69, 9.17) is 4.74 Å². The van der Waals surface area contributed by atoms with Crippen LogP contribution in [0.1, 0.15) is 22.5 Å². The van der Waals surface area contributed by atoms with E-state index in [-0.39, 0.29) is 11.8 Å². The van der Waals surface area contributed by atoms with Crippen LogP contribution in [0.15, 0.2) is 41.3 Å². The van der Waals surface area contributed by atoms with E-state index >= 15 is 0 Å². The fraction of sp³-hybridized carbons (Fsp3) is 0.368. The molecule has 142 valence electrons. The number of carbonyl (C=O) groups excluding carboxylic acids is 2. The molecule has 27 heavy (non-hydrogen) atoms. The van der Waals surface area contributed by atoms with Crippen LogP contribution in [0.25, 0.3) is 0 Å². The average molecular weight is 433 g/mol. The van der Waals surface area contributed by atoms with Crippen LogP contribution in [-0.2, 0) is 11.2 Å². The van der Waals surface area contributed by atoms with Crippen molar-refractivity contribution in [2.75, 3.05) is 33.3 Å². The van der Waals surface area contributed by atoms with Crippen LogP contribution in [-0.4, -0.2) is 64.9 Å². The highest BCUT2D eigenvalue weighted by Crippen LogP contribution is 2.26. The van der Waals surface area contributed by atoms with Crippen molar-refractivity contribution in [2.24, 2.45) is 0 Å². The topological polar surface area (TPSA) is 75.6 Å². The molecule has 1 saturated heterocycles. The Morgan fingerprint density at radius 3 is 2.52 bits per heavy atom. The van der Waals surface area contributed by atoms with Gasteiger partial charge in [0.25, 0.3) is 5.91 Å². The summed E-state index contributed by atoms with van der Waals surface area (Å²) in [7, 11) is 1.62. The van der Waals surface area contributed by atoms with E-state index in [2.05, 4.69) is 25.9 Å². The summed E-state index contributed by atoms with van der Waals surface area (Å²) in [6, 6.07) is 5.83. The second-order valence-electron chi connectivity index (χ2n) is 6.23. The molecule has 1 aromatic heterocycles. The van der Waals surface area contributed by atoms with Crippen molar-refractivity contribution in [3.05, 3.63) is 52.5 Å². The number of hydrogen-bond acceptors (Lipinski definition) is 5. The number of rotatable bonds is 5. The van der Waals surface area contributed by atoms with Gasteiger partial charge in [0.15, 0.2) is 0 Å². The minimum atomic E-state index is -0.140. The number of halogens is 1. The van der Waals surface area contributed by atoms with Gasteiger partial charge in [-0.1, -0.05) is 6.07 Å².